The lowest BCUT2D eigenvalue weighted by Crippen LogP contribution is -2.35. The average molecular weight is 412 g/mol. The van der Waals surface area contributed by atoms with Gasteiger partial charge in [0.25, 0.3) is 0 Å². The van der Waals surface area contributed by atoms with Gasteiger partial charge in [-0.3, -0.25) is 9.59 Å². The van der Waals surface area contributed by atoms with E-state index < -0.39 is 0 Å². The maximum atomic E-state index is 13.1. The van der Waals surface area contributed by atoms with Gasteiger partial charge in [0.05, 0.1) is 16.6 Å². The highest BCUT2D eigenvalue weighted by Crippen LogP contribution is 2.32. The smallest absolute Gasteiger partial charge is 0.228 e. The van der Waals surface area contributed by atoms with Crippen molar-refractivity contribution in [1.29, 1.82) is 0 Å². The molecule has 2 heterocycles. The first-order valence-corrected chi connectivity index (χ1v) is 10.5. The van der Waals surface area contributed by atoms with Gasteiger partial charge in [0.15, 0.2) is 0 Å². The number of benzene rings is 2. The van der Waals surface area contributed by atoms with Crippen molar-refractivity contribution in [1.82, 2.24) is 4.90 Å². The van der Waals surface area contributed by atoms with Crippen LogP contribution in [0, 0.1) is 5.92 Å². The molecule has 4 rings (SSSR count). The Morgan fingerprint density at radius 2 is 1.72 bits per heavy atom. The zero-order valence-corrected chi connectivity index (χ0v) is 17.4. The second-order valence-corrected chi connectivity index (χ2v) is 8.28. The fourth-order valence-corrected chi connectivity index (χ4v) is 4.57. The van der Waals surface area contributed by atoms with Gasteiger partial charge in [0.2, 0.25) is 11.8 Å². The minimum Gasteiger partial charge on any atom is -0.371 e. The predicted octanol–water partition coefficient (Wildman–Crippen LogP) is 3.95. The Kier molecular flexibility index (Phi) is 5.76. The highest BCUT2D eigenvalue weighted by atomic mass is 35.5. The second-order valence-electron chi connectivity index (χ2n) is 7.87. The molecule has 2 aromatic carbocycles. The number of carbonyl (C=O) groups is 2. The van der Waals surface area contributed by atoms with E-state index in [-0.39, 0.29) is 24.2 Å². The van der Waals surface area contributed by atoms with E-state index in [1.165, 1.54) is 18.5 Å². The number of anilines is 2. The Morgan fingerprint density at radius 1 is 1.07 bits per heavy atom. The second kappa shape index (κ2) is 8.46. The lowest BCUT2D eigenvalue weighted by molar-refractivity contribution is -0.135. The standard InChI is InChI=1S/C23H26ClN3O2/c1-25(15-17-8-2-4-10-20(17)26-12-6-7-13-26)23(29)18-14-22(28)27(16-18)21-11-5-3-9-19(21)24/h2-5,8-11,18H,6-7,12-16H2,1H3. The number of carbonyl (C=O) groups excluding carboxylic acids is 2. The van der Waals surface area contributed by atoms with E-state index in [2.05, 4.69) is 23.1 Å². The fraction of sp³-hybridized carbons (Fsp3) is 0.391. The van der Waals surface area contributed by atoms with E-state index >= 15 is 0 Å². The van der Waals surface area contributed by atoms with Crippen LogP contribution in [0.5, 0.6) is 0 Å². The summed E-state index contributed by atoms with van der Waals surface area (Å²) in [5.74, 6) is -0.394. The van der Waals surface area contributed by atoms with Crippen LogP contribution in [0.1, 0.15) is 24.8 Å². The largest absolute Gasteiger partial charge is 0.371 e. The van der Waals surface area contributed by atoms with Gasteiger partial charge in [-0.25, -0.2) is 0 Å². The molecule has 2 saturated heterocycles. The SMILES string of the molecule is CN(Cc1ccccc1N1CCCC1)C(=O)C1CC(=O)N(c2ccccc2Cl)C1. The van der Waals surface area contributed by atoms with Crippen LogP contribution in [-0.2, 0) is 16.1 Å². The van der Waals surface area contributed by atoms with Crippen molar-refractivity contribution in [2.45, 2.75) is 25.8 Å². The number of rotatable bonds is 5. The summed E-state index contributed by atoms with van der Waals surface area (Å²) in [6, 6.07) is 15.6. The summed E-state index contributed by atoms with van der Waals surface area (Å²) in [6.45, 7) is 3.05. The monoisotopic (exact) mass is 411 g/mol. The Hall–Kier alpha value is -2.53. The van der Waals surface area contributed by atoms with Crippen LogP contribution in [0.25, 0.3) is 0 Å². The average Bonchev–Trinajstić information content (AvgIpc) is 3.38. The molecule has 0 aliphatic carbocycles. The van der Waals surface area contributed by atoms with E-state index in [1.54, 1.807) is 15.9 Å². The van der Waals surface area contributed by atoms with Crippen molar-refractivity contribution in [3.8, 4) is 0 Å². The van der Waals surface area contributed by atoms with E-state index in [0.29, 0.717) is 23.8 Å². The van der Waals surface area contributed by atoms with Gasteiger partial charge in [-0.2, -0.15) is 0 Å². The number of nitrogens with zero attached hydrogens (tertiary/aromatic N) is 3. The zero-order valence-electron chi connectivity index (χ0n) is 16.7. The van der Waals surface area contributed by atoms with E-state index in [0.717, 1.165) is 18.7 Å². The Labute approximate surface area is 176 Å². The Bertz CT molecular complexity index is 911. The van der Waals surface area contributed by atoms with Crippen molar-refractivity contribution >= 4 is 34.8 Å². The predicted molar refractivity (Wildman–Crippen MR) is 116 cm³/mol. The first-order valence-electron chi connectivity index (χ1n) is 10.2. The molecule has 0 radical (unpaired) electrons. The summed E-state index contributed by atoms with van der Waals surface area (Å²) < 4.78 is 0. The number of hydrogen-bond donors (Lipinski definition) is 0. The molecule has 2 aliphatic heterocycles. The zero-order chi connectivity index (χ0) is 20.4. The van der Waals surface area contributed by atoms with Gasteiger partial charge in [-0.15, -0.1) is 0 Å². The Morgan fingerprint density at radius 3 is 2.45 bits per heavy atom. The van der Waals surface area contributed by atoms with Gasteiger partial charge in [-0.1, -0.05) is 41.9 Å². The summed E-state index contributed by atoms with van der Waals surface area (Å²) >= 11 is 6.25. The first-order chi connectivity index (χ1) is 14.0. The third-order valence-corrected chi connectivity index (χ3v) is 6.16. The van der Waals surface area contributed by atoms with E-state index in [4.69, 9.17) is 11.6 Å². The topological polar surface area (TPSA) is 43.9 Å². The molecule has 2 fully saturated rings. The van der Waals surface area contributed by atoms with Gasteiger partial charge in [-0.05, 0) is 36.6 Å². The minimum atomic E-state index is -0.345. The highest BCUT2D eigenvalue weighted by Gasteiger charge is 2.37. The van der Waals surface area contributed by atoms with Gasteiger partial charge >= 0.3 is 0 Å². The fourth-order valence-electron chi connectivity index (χ4n) is 4.33. The van der Waals surface area contributed by atoms with Crippen molar-refractivity contribution in [3.63, 3.8) is 0 Å². The lowest BCUT2D eigenvalue weighted by Gasteiger charge is -2.26. The van der Waals surface area contributed by atoms with Crippen LogP contribution in [0.3, 0.4) is 0 Å². The maximum absolute atomic E-state index is 13.1. The maximum Gasteiger partial charge on any atom is 0.228 e. The van der Waals surface area contributed by atoms with Crippen molar-refractivity contribution in [3.05, 3.63) is 59.1 Å². The van der Waals surface area contributed by atoms with Crippen LogP contribution in [0.4, 0.5) is 11.4 Å². The quantitative estimate of drug-likeness (QED) is 0.748. The first kappa shape index (κ1) is 19.8. The normalized spacial score (nSPS) is 19.1. The molecule has 2 amide bonds. The minimum absolute atomic E-state index is 0.00382. The van der Waals surface area contributed by atoms with Crippen LogP contribution in [0.15, 0.2) is 48.5 Å². The molecule has 1 atom stereocenters. The molecule has 0 N–H and O–H groups in total. The summed E-state index contributed by atoms with van der Waals surface area (Å²) in [5.41, 5.74) is 3.04. The van der Waals surface area contributed by atoms with Crippen LogP contribution in [-0.4, -0.2) is 43.4 Å². The van der Waals surface area contributed by atoms with Crippen LogP contribution in [0.2, 0.25) is 5.02 Å². The molecule has 0 spiro atoms. The molecule has 0 saturated carbocycles. The molecule has 29 heavy (non-hydrogen) atoms. The Balaban J connectivity index is 1.45. The third-order valence-electron chi connectivity index (χ3n) is 5.84. The molecule has 0 bridgehead atoms. The van der Waals surface area contributed by atoms with E-state index in [1.807, 2.05) is 31.3 Å². The van der Waals surface area contributed by atoms with Crippen LogP contribution >= 0.6 is 11.6 Å². The molecule has 152 valence electrons. The lowest BCUT2D eigenvalue weighted by atomic mass is 10.1. The van der Waals surface area contributed by atoms with Gasteiger partial charge in [0, 0.05) is 45.3 Å². The molecule has 2 aliphatic rings. The molecule has 5 nitrogen and oxygen atoms in total. The van der Waals surface area contributed by atoms with Crippen LogP contribution < -0.4 is 9.80 Å². The molecular formula is C23H26ClN3O2. The molecule has 0 aromatic heterocycles. The van der Waals surface area contributed by atoms with Crippen molar-refractivity contribution in [2.24, 2.45) is 5.92 Å². The molecular weight excluding hydrogens is 386 g/mol. The van der Waals surface area contributed by atoms with Gasteiger partial charge in [0.1, 0.15) is 0 Å². The molecule has 1 unspecified atom stereocenters. The number of para-hydroxylation sites is 2. The highest BCUT2D eigenvalue weighted by molar-refractivity contribution is 6.33. The summed E-state index contributed by atoms with van der Waals surface area (Å²) in [6.07, 6.45) is 2.65. The molecule has 6 heteroatoms. The number of hydrogen-bond acceptors (Lipinski definition) is 3. The van der Waals surface area contributed by atoms with Crippen molar-refractivity contribution in [2.75, 3.05) is 36.5 Å². The number of amides is 2. The van der Waals surface area contributed by atoms with Crippen molar-refractivity contribution < 1.29 is 9.59 Å². The van der Waals surface area contributed by atoms with E-state index in [9.17, 15) is 9.59 Å². The molecule has 2 aromatic rings. The number of halogens is 1. The van der Waals surface area contributed by atoms with Gasteiger partial charge < -0.3 is 14.7 Å². The summed E-state index contributed by atoms with van der Waals surface area (Å²) in [4.78, 5) is 31.4. The summed E-state index contributed by atoms with van der Waals surface area (Å²) in [7, 11) is 1.83. The third kappa shape index (κ3) is 4.10. The summed E-state index contributed by atoms with van der Waals surface area (Å²) in [5, 5.41) is 0.529.